The highest BCUT2D eigenvalue weighted by Gasteiger charge is 2.22. The number of halogens is 1. The van der Waals surface area contributed by atoms with Crippen LogP contribution in [-0.4, -0.2) is 34.1 Å². The van der Waals surface area contributed by atoms with E-state index in [1.165, 1.54) is 11.5 Å². The van der Waals surface area contributed by atoms with Crippen molar-refractivity contribution in [2.45, 2.75) is 45.2 Å². The first-order chi connectivity index (χ1) is 8.20. The summed E-state index contributed by atoms with van der Waals surface area (Å²) in [6.07, 6.45) is 2.73. The molecule has 0 radical (unpaired) electrons. The molecule has 102 valence electrons. The first-order valence-corrected chi connectivity index (χ1v) is 6.83. The average molecular weight is 291 g/mol. The first kappa shape index (κ1) is 15.3. The summed E-state index contributed by atoms with van der Waals surface area (Å²) in [5.41, 5.74) is 0.800. The molecule has 0 bridgehead atoms. The van der Waals surface area contributed by atoms with E-state index in [1.54, 1.807) is 0 Å². The summed E-state index contributed by atoms with van der Waals surface area (Å²) in [7, 11) is 0. The predicted molar refractivity (Wildman–Crippen MR) is 74.5 cm³/mol. The Morgan fingerprint density at radius 2 is 2.39 bits per heavy atom. The summed E-state index contributed by atoms with van der Waals surface area (Å²) < 4.78 is 3.84. The summed E-state index contributed by atoms with van der Waals surface area (Å²) in [6.45, 7) is 5.10. The van der Waals surface area contributed by atoms with Gasteiger partial charge in [-0.15, -0.1) is 17.5 Å². The van der Waals surface area contributed by atoms with Crippen molar-refractivity contribution >= 4 is 29.8 Å². The minimum absolute atomic E-state index is 0. The number of nitrogens with one attached hydrogen (secondary N) is 2. The Kier molecular flexibility index (Phi) is 5.98. The van der Waals surface area contributed by atoms with E-state index in [-0.39, 0.29) is 24.4 Å². The van der Waals surface area contributed by atoms with Crippen molar-refractivity contribution in [1.82, 2.24) is 20.2 Å². The number of rotatable bonds is 3. The van der Waals surface area contributed by atoms with Gasteiger partial charge in [0.05, 0.1) is 5.69 Å². The Labute approximate surface area is 117 Å². The van der Waals surface area contributed by atoms with E-state index in [9.17, 15) is 4.79 Å². The standard InChI is InChI=1S/C11H18N4OS.ClH/c1-3-9-10(17-15-14-9)11(16)13-8-4-5-12-7(2)6-8;/h7-8,12H,3-6H2,1-2H3,(H,13,16);1H. The van der Waals surface area contributed by atoms with Crippen molar-refractivity contribution < 1.29 is 4.79 Å². The molecule has 0 aromatic carbocycles. The smallest absolute Gasteiger partial charge is 0.265 e. The van der Waals surface area contributed by atoms with E-state index in [0.717, 1.165) is 31.5 Å². The fourth-order valence-electron chi connectivity index (χ4n) is 2.13. The van der Waals surface area contributed by atoms with Crippen molar-refractivity contribution in [1.29, 1.82) is 0 Å². The van der Waals surface area contributed by atoms with E-state index in [4.69, 9.17) is 0 Å². The van der Waals surface area contributed by atoms with Gasteiger partial charge in [0.2, 0.25) is 0 Å². The van der Waals surface area contributed by atoms with Crippen LogP contribution in [0.3, 0.4) is 0 Å². The Hall–Kier alpha value is -0.720. The van der Waals surface area contributed by atoms with Gasteiger partial charge in [0.15, 0.2) is 0 Å². The second-order valence-corrected chi connectivity index (χ2v) is 5.21. The zero-order chi connectivity index (χ0) is 12.3. The minimum Gasteiger partial charge on any atom is -0.348 e. The molecule has 2 heterocycles. The van der Waals surface area contributed by atoms with E-state index >= 15 is 0 Å². The lowest BCUT2D eigenvalue weighted by Crippen LogP contribution is -2.46. The Morgan fingerprint density at radius 3 is 3.06 bits per heavy atom. The van der Waals surface area contributed by atoms with E-state index in [0.29, 0.717) is 10.9 Å². The molecule has 1 aromatic rings. The highest BCUT2D eigenvalue weighted by Crippen LogP contribution is 2.13. The van der Waals surface area contributed by atoms with Gasteiger partial charge in [-0.1, -0.05) is 11.4 Å². The molecule has 1 aromatic heterocycles. The molecule has 7 heteroatoms. The summed E-state index contributed by atoms with van der Waals surface area (Å²) in [4.78, 5) is 12.7. The summed E-state index contributed by atoms with van der Waals surface area (Å²) in [6, 6.07) is 0.741. The second-order valence-electron chi connectivity index (χ2n) is 4.45. The van der Waals surface area contributed by atoms with Gasteiger partial charge in [0.1, 0.15) is 4.88 Å². The molecule has 1 fully saturated rings. The fraction of sp³-hybridized carbons (Fsp3) is 0.727. The number of piperidine rings is 1. The van der Waals surface area contributed by atoms with Crippen LogP contribution in [0, 0.1) is 0 Å². The maximum Gasteiger partial charge on any atom is 0.265 e. The van der Waals surface area contributed by atoms with Crippen molar-refractivity contribution in [2.75, 3.05) is 6.54 Å². The van der Waals surface area contributed by atoms with E-state index < -0.39 is 0 Å². The van der Waals surface area contributed by atoms with Crippen LogP contribution in [-0.2, 0) is 6.42 Å². The molecule has 2 rings (SSSR count). The number of hydrogen-bond acceptors (Lipinski definition) is 5. The van der Waals surface area contributed by atoms with Gasteiger partial charge in [-0.2, -0.15) is 0 Å². The monoisotopic (exact) mass is 290 g/mol. The molecule has 0 aliphatic carbocycles. The van der Waals surface area contributed by atoms with Crippen LogP contribution in [0.1, 0.15) is 42.1 Å². The topological polar surface area (TPSA) is 66.9 Å². The lowest BCUT2D eigenvalue weighted by atomic mass is 10.0. The largest absolute Gasteiger partial charge is 0.348 e. The predicted octanol–water partition coefficient (Wildman–Crippen LogP) is 1.39. The SMILES string of the molecule is CCc1nnsc1C(=O)NC1CCNC(C)C1.Cl. The molecule has 5 nitrogen and oxygen atoms in total. The first-order valence-electron chi connectivity index (χ1n) is 6.06. The Balaban J connectivity index is 0.00000162. The second kappa shape index (κ2) is 7.01. The van der Waals surface area contributed by atoms with Crippen LogP contribution in [0.25, 0.3) is 0 Å². The number of aryl methyl sites for hydroxylation is 1. The van der Waals surface area contributed by atoms with Crippen molar-refractivity contribution in [3.63, 3.8) is 0 Å². The van der Waals surface area contributed by atoms with Crippen LogP contribution in [0.2, 0.25) is 0 Å². The van der Waals surface area contributed by atoms with Crippen molar-refractivity contribution in [3.8, 4) is 0 Å². The molecule has 2 N–H and O–H groups in total. The van der Waals surface area contributed by atoms with Gasteiger partial charge < -0.3 is 10.6 Å². The van der Waals surface area contributed by atoms with Crippen molar-refractivity contribution in [3.05, 3.63) is 10.6 Å². The number of amides is 1. The molecule has 0 saturated carbocycles. The third-order valence-electron chi connectivity index (χ3n) is 3.06. The molecule has 2 atom stereocenters. The number of carbonyl (C=O) groups excluding carboxylic acids is 1. The van der Waals surface area contributed by atoms with Gasteiger partial charge in [-0.25, -0.2) is 0 Å². The van der Waals surface area contributed by atoms with Crippen LogP contribution >= 0.6 is 23.9 Å². The normalized spacial score (nSPS) is 23.2. The Morgan fingerprint density at radius 1 is 1.61 bits per heavy atom. The summed E-state index contributed by atoms with van der Waals surface area (Å²) in [5.74, 6) is -0.0176. The third kappa shape index (κ3) is 3.63. The van der Waals surface area contributed by atoms with Crippen LogP contribution in [0.4, 0.5) is 0 Å². The lowest BCUT2D eigenvalue weighted by Gasteiger charge is -2.28. The molecule has 1 saturated heterocycles. The maximum atomic E-state index is 12.1. The third-order valence-corrected chi connectivity index (χ3v) is 3.82. The van der Waals surface area contributed by atoms with Gasteiger partial charge in [0.25, 0.3) is 5.91 Å². The number of carbonyl (C=O) groups is 1. The van der Waals surface area contributed by atoms with Crippen LogP contribution in [0.5, 0.6) is 0 Å². The van der Waals surface area contributed by atoms with E-state index in [1.807, 2.05) is 6.92 Å². The lowest BCUT2D eigenvalue weighted by molar-refractivity contribution is 0.0928. The average Bonchev–Trinajstić information content (AvgIpc) is 2.77. The number of aromatic nitrogens is 2. The number of hydrogen-bond donors (Lipinski definition) is 2. The molecule has 0 spiro atoms. The number of nitrogens with zero attached hydrogens (tertiary/aromatic N) is 2. The molecular weight excluding hydrogens is 272 g/mol. The van der Waals surface area contributed by atoms with Gasteiger partial charge in [-0.05, 0) is 44.3 Å². The van der Waals surface area contributed by atoms with E-state index in [2.05, 4.69) is 27.1 Å². The zero-order valence-corrected chi connectivity index (χ0v) is 12.2. The molecule has 1 aliphatic heterocycles. The van der Waals surface area contributed by atoms with Crippen LogP contribution in [0.15, 0.2) is 0 Å². The van der Waals surface area contributed by atoms with Gasteiger partial charge in [-0.3, -0.25) is 4.79 Å². The zero-order valence-electron chi connectivity index (χ0n) is 10.6. The van der Waals surface area contributed by atoms with Crippen LogP contribution < -0.4 is 10.6 Å². The molecule has 1 amide bonds. The summed E-state index contributed by atoms with van der Waals surface area (Å²) in [5, 5.41) is 10.4. The molecule has 18 heavy (non-hydrogen) atoms. The summed E-state index contributed by atoms with van der Waals surface area (Å²) >= 11 is 1.18. The van der Waals surface area contributed by atoms with Gasteiger partial charge >= 0.3 is 0 Å². The Bertz CT molecular complexity index is 398. The highest BCUT2D eigenvalue weighted by atomic mass is 35.5. The van der Waals surface area contributed by atoms with Gasteiger partial charge in [0, 0.05) is 12.1 Å². The van der Waals surface area contributed by atoms with Crippen molar-refractivity contribution in [2.24, 2.45) is 0 Å². The quantitative estimate of drug-likeness (QED) is 0.883. The molecular formula is C11H19ClN4OS. The molecule has 1 aliphatic rings. The maximum absolute atomic E-state index is 12.1. The minimum atomic E-state index is -0.0176. The highest BCUT2D eigenvalue weighted by molar-refractivity contribution is 7.08. The fourth-order valence-corrected chi connectivity index (χ4v) is 2.78. The molecule has 2 unspecified atom stereocenters.